The summed E-state index contributed by atoms with van der Waals surface area (Å²) >= 11 is 0. The Morgan fingerprint density at radius 1 is 0.878 bits per heavy atom. The minimum absolute atomic E-state index is 0. The van der Waals surface area contributed by atoms with Crippen LogP contribution in [0.25, 0.3) is 22.2 Å². The van der Waals surface area contributed by atoms with E-state index in [0.29, 0.717) is 0 Å². The Morgan fingerprint density at radius 3 is 2.07 bits per heavy atom. The van der Waals surface area contributed by atoms with E-state index in [4.69, 9.17) is 4.98 Å². The van der Waals surface area contributed by atoms with Gasteiger partial charge in [0.15, 0.2) is 5.78 Å². The van der Waals surface area contributed by atoms with Gasteiger partial charge >= 0.3 is 0 Å². The SMILES string of the molecule is CC(C)(C)C(=O)/C=C(\O)C(C)(C)C.Cc1[c-]c(-c2ccc3cc(C4CCCCC4)ccc3n2)cc(C(C)(C)C)c1.[Ir]. The molecule has 4 heteroatoms. The summed E-state index contributed by atoms with van der Waals surface area (Å²) in [5.41, 5.74) is 6.56. The quantitative estimate of drug-likeness (QED) is 0.166. The summed E-state index contributed by atoms with van der Waals surface area (Å²) in [6.07, 6.45) is 8.16. The van der Waals surface area contributed by atoms with Crippen molar-refractivity contribution in [3.8, 4) is 11.3 Å². The summed E-state index contributed by atoms with van der Waals surface area (Å²) in [5.74, 6) is 0.842. The van der Waals surface area contributed by atoms with E-state index < -0.39 is 5.41 Å². The van der Waals surface area contributed by atoms with E-state index in [2.05, 4.69) is 76.2 Å². The molecular formula is C37H50IrNO2-. The maximum atomic E-state index is 11.5. The number of nitrogens with zero attached hydrogens (tertiary/aromatic N) is 1. The molecule has 0 saturated heterocycles. The molecule has 225 valence electrons. The van der Waals surface area contributed by atoms with Gasteiger partial charge in [-0.15, -0.1) is 34.9 Å². The number of aliphatic hydroxyl groups excluding tert-OH is 1. The van der Waals surface area contributed by atoms with Gasteiger partial charge < -0.3 is 5.11 Å². The number of rotatable bonds is 3. The first kappa shape index (κ1) is 34.9. The van der Waals surface area contributed by atoms with Gasteiger partial charge in [0.1, 0.15) is 5.76 Å². The Morgan fingerprint density at radius 2 is 1.51 bits per heavy atom. The van der Waals surface area contributed by atoms with Crippen LogP contribution in [0.4, 0.5) is 0 Å². The number of benzene rings is 2. The Balaban J connectivity index is 0.000000360. The average Bonchev–Trinajstić information content (AvgIpc) is 2.87. The number of hydrogen-bond donors (Lipinski definition) is 1. The summed E-state index contributed by atoms with van der Waals surface area (Å²) in [4.78, 5) is 16.5. The van der Waals surface area contributed by atoms with Crippen LogP contribution < -0.4 is 0 Å². The van der Waals surface area contributed by atoms with E-state index in [0.717, 1.165) is 22.7 Å². The normalized spacial score (nSPS) is 15.1. The third-order valence-electron chi connectivity index (χ3n) is 7.71. The number of carbonyl (C=O) groups is 1. The fraction of sp³-hybridized carbons (Fsp3) is 0.514. The van der Waals surface area contributed by atoms with Crippen molar-refractivity contribution in [2.24, 2.45) is 10.8 Å². The molecule has 1 aliphatic rings. The molecule has 0 aliphatic heterocycles. The van der Waals surface area contributed by atoms with Gasteiger partial charge in [-0.1, -0.05) is 107 Å². The second kappa shape index (κ2) is 13.8. The molecule has 1 heterocycles. The summed E-state index contributed by atoms with van der Waals surface area (Å²) < 4.78 is 0. The maximum absolute atomic E-state index is 11.5. The zero-order valence-corrected chi connectivity index (χ0v) is 29.3. The third kappa shape index (κ3) is 9.90. The van der Waals surface area contributed by atoms with Crippen molar-refractivity contribution < 1.29 is 30.0 Å². The Bertz CT molecular complexity index is 1360. The predicted molar refractivity (Wildman–Crippen MR) is 170 cm³/mol. The molecule has 41 heavy (non-hydrogen) atoms. The van der Waals surface area contributed by atoms with E-state index in [1.54, 1.807) is 0 Å². The standard InChI is InChI=1S/C26H30N.C11H20O2.Ir/c1-18-14-22(17-23(15-18)26(2,3)4)25-13-11-21-16-20(10-12-24(21)27-25)19-8-6-5-7-9-19;1-10(2,3)8(12)7-9(13)11(4,5)6;/h10-13,15-17,19H,5-9H2,1-4H3;7,12H,1-6H3;/q-1;;/b;8-7-;. The van der Waals surface area contributed by atoms with Crippen molar-refractivity contribution in [1.82, 2.24) is 4.98 Å². The number of aliphatic hydroxyl groups is 1. The fourth-order valence-electron chi connectivity index (χ4n) is 4.83. The number of hydrogen-bond acceptors (Lipinski definition) is 3. The number of allylic oxidation sites excluding steroid dienone is 2. The molecule has 1 aliphatic carbocycles. The summed E-state index contributed by atoms with van der Waals surface area (Å²) in [7, 11) is 0. The van der Waals surface area contributed by atoms with E-state index >= 15 is 0 Å². The molecule has 0 unspecified atom stereocenters. The monoisotopic (exact) mass is 733 g/mol. The molecular weight excluding hydrogens is 683 g/mol. The van der Waals surface area contributed by atoms with Crippen molar-refractivity contribution >= 4 is 16.7 Å². The molecule has 0 amide bonds. The van der Waals surface area contributed by atoms with Crippen LogP contribution in [0.3, 0.4) is 0 Å². The first-order valence-corrected chi connectivity index (χ1v) is 14.9. The molecule has 2 aromatic carbocycles. The minimum atomic E-state index is -0.417. The number of ketones is 1. The van der Waals surface area contributed by atoms with Crippen LogP contribution in [0.15, 0.2) is 54.3 Å². The summed E-state index contributed by atoms with van der Waals surface area (Å²) in [5, 5.41) is 10.8. The van der Waals surface area contributed by atoms with E-state index in [1.165, 1.54) is 60.3 Å². The van der Waals surface area contributed by atoms with Gasteiger partial charge in [-0.25, -0.2) is 0 Å². The predicted octanol–water partition coefficient (Wildman–Crippen LogP) is 10.4. The van der Waals surface area contributed by atoms with Crippen LogP contribution in [-0.2, 0) is 30.3 Å². The topological polar surface area (TPSA) is 50.2 Å². The van der Waals surface area contributed by atoms with Gasteiger partial charge in [-0.3, -0.25) is 9.78 Å². The van der Waals surface area contributed by atoms with Gasteiger partial charge in [-0.05, 0) is 53.0 Å². The Hall–Kier alpha value is -2.29. The first-order valence-electron chi connectivity index (χ1n) is 14.9. The second-order valence-corrected chi connectivity index (χ2v) is 14.6. The second-order valence-electron chi connectivity index (χ2n) is 14.6. The van der Waals surface area contributed by atoms with Gasteiger partial charge in [0.2, 0.25) is 0 Å². The fourth-order valence-corrected chi connectivity index (χ4v) is 4.83. The number of pyridine rings is 1. The maximum Gasteiger partial charge on any atom is 0.164 e. The Kier molecular flexibility index (Phi) is 11.7. The van der Waals surface area contributed by atoms with Gasteiger partial charge in [0.05, 0.1) is 5.52 Å². The molecule has 0 atom stereocenters. The van der Waals surface area contributed by atoms with Crippen molar-refractivity contribution in [3.63, 3.8) is 0 Å². The molecule has 4 rings (SSSR count). The molecule has 1 fully saturated rings. The Labute approximate surface area is 262 Å². The van der Waals surface area contributed by atoms with E-state index in [9.17, 15) is 9.90 Å². The minimum Gasteiger partial charge on any atom is -0.512 e. The van der Waals surface area contributed by atoms with Crippen molar-refractivity contribution in [2.45, 2.75) is 113 Å². The number of aromatic nitrogens is 1. The van der Waals surface area contributed by atoms with Crippen LogP contribution in [-0.4, -0.2) is 15.9 Å². The van der Waals surface area contributed by atoms with Crippen LogP contribution in [0.5, 0.6) is 0 Å². The van der Waals surface area contributed by atoms with Crippen LogP contribution >= 0.6 is 0 Å². The molecule has 0 bridgehead atoms. The number of aryl methyl sites for hydroxylation is 1. The van der Waals surface area contributed by atoms with E-state index in [1.807, 2.05) is 41.5 Å². The molecule has 1 N–H and O–H groups in total. The van der Waals surface area contributed by atoms with Crippen molar-refractivity contribution in [2.75, 3.05) is 0 Å². The zero-order valence-electron chi connectivity index (χ0n) is 26.9. The number of carbonyl (C=O) groups excluding carboxylic acids is 1. The average molecular weight is 733 g/mol. The van der Waals surface area contributed by atoms with Gasteiger partial charge in [0.25, 0.3) is 0 Å². The first-order chi connectivity index (χ1) is 18.4. The van der Waals surface area contributed by atoms with Crippen LogP contribution in [0.1, 0.15) is 117 Å². The van der Waals surface area contributed by atoms with Crippen LogP contribution in [0.2, 0.25) is 0 Å². The number of fused-ring (bicyclic) bond motifs is 1. The zero-order chi connectivity index (χ0) is 29.9. The van der Waals surface area contributed by atoms with Crippen LogP contribution in [0, 0.1) is 23.8 Å². The largest absolute Gasteiger partial charge is 0.512 e. The smallest absolute Gasteiger partial charge is 0.164 e. The van der Waals surface area contributed by atoms with E-state index in [-0.39, 0.29) is 42.5 Å². The van der Waals surface area contributed by atoms with Gasteiger partial charge in [-0.2, -0.15) is 0 Å². The third-order valence-corrected chi connectivity index (χ3v) is 7.71. The molecule has 1 saturated carbocycles. The molecule has 1 radical (unpaired) electrons. The summed E-state index contributed by atoms with van der Waals surface area (Å²) in [6, 6.07) is 19.3. The van der Waals surface area contributed by atoms with Crippen molar-refractivity contribution in [3.05, 3.63) is 77.1 Å². The molecule has 3 nitrogen and oxygen atoms in total. The van der Waals surface area contributed by atoms with Crippen molar-refractivity contribution in [1.29, 1.82) is 0 Å². The molecule has 1 aromatic heterocycles. The summed E-state index contributed by atoms with van der Waals surface area (Å²) in [6.45, 7) is 20.0. The molecule has 3 aromatic rings. The molecule has 0 spiro atoms. The van der Waals surface area contributed by atoms with Gasteiger partial charge in [0, 0.05) is 37.0 Å².